The highest BCUT2D eigenvalue weighted by atomic mass is 16.5. The van der Waals surface area contributed by atoms with Crippen molar-refractivity contribution in [3.05, 3.63) is 11.7 Å². The van der Waals surface area contributed by atoms with E-state index in [0.717, 1.165) is 18.8 Å². The zero-order valence-corrected chi connectivity index (χ0v) is 9.36. The van der Waals surface area contributed by atoms with Gasteiger partial charge in [0.1, 0.15) is 0 Å². The van der Waals surface area contributed by atoms with Crippen molar-refractivity contribution in [1.82, 2.24) is 20.4 Å². The molecule has 15 heavy (non-hydrogen) atoms. The average Bonchev–Trinajstić information content (AvgIpc) is 2.78. The van der Waals surface area contributed by atoms with Crippen LogP contribution in [0.5, 0.6) is 0 Å². The fourth-order valence-electron chi connectivity index (χ4n) is 2.05. The molecule has 1 aromatic heterocycles. The maximum atomic E-state index is 5.10. The van der Waals surface area contributed by atoms with Gasteiger partial charge in [-0.25, -0.2) is 0 Å². The van der Waals surface area contributed by atoms with E-state index in [1.165, 1.54) is 13.0 Å². The van der Waals surface area contributed by atoms with Crippen molar-refractivity contribution in [2.45, 2.75) is 19.4 Å². The van der Waals surface area contributed by atoms with Gasteiger partial charge in [0.05, 0.1) is 6.54 Å². The van der Waals surface area contributed by atoms with Crippen LogP contribution >= 0.6 is 0 Å². The highest BCUT2D eigenvalue weighted by molar-refractivity contribution is 4.90. The summed E-state index contributed by atoms with van der Waals surface area (Å²) in [5.41, 5.74) is 0. The molecule has 0 amide bonds. The highest BCUT2D eigenvalue weighted by Gasteiger charge is 2.21. The molecule has 1 N–H and O–H groups in total. The molecule has 2 heterocycles. The smallest absolute Gasteiger partial charge is 0.240 e. The van der Waals surface area contributed by atoms with Gasteiger partial charge >= 0.3 is 0 Å². The minimum absolute atomic E-state index is 0.650. The molecular formula is C10H18N4O. The normalized spacial score (nSPS) is 22.4. The Kier molecular flexibility index (Phi) is 3.33. The van der Waals surface area contributed by atoms with Gasteiger partial charge in [0, 0.05) is 13.0 Å². The summed E-state index contributed by atoms with van der Waals surface area (Å²) in [6, 6.07) is 0. The van der Waals surface area contributed by atoms with Gasteiger partial charge in [-0.2, -0.15) is 4.98 Å². The molecule has 84 valence electrons. The molecule has 1 saturated heterocycles. The third-order valence-corrected chi connectivity index (χ3v) is 2.80. The first-order chi connectivity index (χ1) is 7.28. The van der Waals surface area contributed by atoms with E-state index in [1.54, 1.807) is 0 Å². The molecule has 1 aliphatic heterocycles. The van der Waals surface area contributed by atoms with Gasteiger partial charge in [-0.1, -0.05) is 5.16 Å². The van der Waals surface area contributed by atoms with Crippen molar-refractivity contribution in [3.8, 4) is 0 Å². The summed E-state index contributed by atoms with van der Waals surface area (Å²) >= 11 is 0. The van der Waals surface area contributed by atoms with Gasteiger partial charge in [-0.05, 0) is 33.0 Å². The predicted molar refractivity (Wildman–Crippen MR) is 56.4 cm³/mol. The molecule has 1 aliphatic rings. The molecule has 0 aromatic carbocycles. The monoisotopic (exact) mass is 210 g/mol. The van der Waals surface area contributed by atoms with Crippen molar-refractivity contribution < 1.29 is 4.52 Å². The standard InChI is InChI=1S/C10H18N4O/c1-11-6-10-12-9(13-15-10)5-8-3-4-14(2)7-8/h8,11H,3-7H2,1-2H3. The largest absolute Gasteiger partial charge is 0.338 e. The fourth-order valence-corrected chi connectivity index (χ4v) is 2.05. The van der Waals surface area contributed by atoms with Crippen LogP contribution in [0.3, 0.4) is 0 Å². The summed E-state index contributed by atoms with van der Waals surface area (Å²) < 4.78 is 5.10. The second-order valence-electron chi connectivity index (χ2n) is 4.26. The summed E-state index contributed by atoms with van der Waals surface area (Å²) in [6.07, 6.45) is 2.18. The molecule has 2 rings (SSSR count). The third-order valence-electron chi connectivity index (χ3n) is 2.80. The zero-order chi connectivity index (χ0) is 10.7. The maximum absolute atomic E-state index is 5.10. The van der Waals surface area contributed by atoms with Crippen molar-refractivity contribution in [2.75, 3.05) is 27.2 Å². The van der Waals surface area contributed by atoms with Gasteiger partial charge in [0.25, 0.3) is 0 Å². The topological polar surface area (TPSA) is 54.2 Å². The lowest BCUT2D eigenvalue weighted by molar-refractivity contribution is 0.360. The van der Waals surface area contributed by atoms with Gasteiger partial charge in [-0.3, -0.25) is 0 Å². The number of nitrogens with one attached hydrogen (secondary N) is 1. The number of rotatable bonds is 4. The molecule has 1 unspecified atom stereocenters. The summed E-state index contributed by atoms with van der Waals surface area (Å²) in [6.45, 7) is 2.99. The average molecular weight is 210 g/mol. The lowest BCUT2D eigenvalue weighted by Gasteiger charge is -2.06. The summed E-state index contributed by atoms with van der Waals surface area (Å²) in [4.78, 5) is 6.68. The van der Waals surface area contributed by atoms with Crippen LogP contribution in [0, 0.1) is 5.92 Å². The quantitative estimate of drug-likeness (QED) is 0.773. The van der Waals surface area contributed by atoms with Gasteiger partial charge in [-0.15, -0.1) is 0 Å². The Labute approximate surface area is 89.8 Å². The predicted octanol–water partition coefficient (Wildman–Crippen LogP) is 0.283. The Balaban J connectivity index is 1.87. The molecule has 1 fully saturated rings. The summed E-state index contributed by atoms with van der Waals surface area (Å²) in [7, 11) is 4.03. The SMILES string of the molecule is CNCc1nc(CC2CCN(C)C2)no1. The van der Waals surface area contributed by atoms with Crippen LogP contribution in [0.25, 0.3) is 0 Å². The van der Waals surface area contributed by atoms with Crippen LogP contribution < -0.4 is 5.32 Å². The molecule has 1 atom stereocenters. The van der Waals surface area contributed by atoms with Gasteiger partial charge < -0.3 is 14.7 Å². The third kappa shape index (κ3) is 2.76. The minimum atomic E-state index is 0.650. The van der Waals surface area contributed by atoms with E-state index < -0.39 is 0 Å². The maximum Gasteiger partial charge on any atom is 0.240 e. The summed E-state index contributed by atoms with van der Waals surface area (Å²) in [5.74, 6) is 2.22. The van der Waals surface area contributed by atoms with Crippen LogP contribution in [-0.4, -0.2) is 42.2 Å². The van der Waals surface area contributed by atoms with E-state index in [-0.39, 0.29) is 0 Å². The first-order valence-electron chi connectivity index (χ1n) is 5.42. The number of likely N-dealkylation sites (tertiary alicyclic amines) is 1. The number of hydrogen-bond donors (Lipinski definition) is 1. The molecule has 0 spiro atoms. The fraction of sp³-hybridized carbons (Fsp3) is 0.800. The van der Waals surface area contributed by atoms with Crippen molar-refractivity contribution in [1.29, 1.82) is 0 Å². The second-order valence-corrected chi connectivity index (χ2v) is 4.26. The Morgan fingerprint density at radius 2 is 2.47 bits per heavy atom. The Hall–Kier alpha value is -0.940. The Bertz CT molecular complexity index is 312. The number of nitrogens with zero attached hydrogens (tertiary/aromatic N) is 3. The molecule has 5 nitrogen and oxygen atoms in total. The molecular weight excluding hydrogens is 192 g/mol. The van der Waals surface area contributed by atoms with E-state index in [9.17, 15) is 0 Å². The first-order valence-corrected chi connectivity index (χ1v) is 5.42. The number of aromatic nitrogens is 2. The van der Waals surface area contributed by atoms with E-state index >= 15 is 0 Å². The van der Waals surface area contributed by atoms with Crippen LogP contribution in [0.1, 0.15) is 18.1 Å². The molecule has 0 saturated carbocycles. The molecule has 0 bridgehead atoms. The molecule has 1 aromatic rings. The van der Waals surface area contributed by atoms with Gasteiger partial charge in [0.15, 0.2) is 5.82 Å². The lowest BCUT2D eigenvalue weighted by atomic mass is 10.1. The second kappa shape index (κ2) is 4.72. The van der Waals surface area contributed by atoms with Crippen LogP contribution in [0.4, 0.5) is 0 Å². The molecule has 5 heteroatoms. The zero-order valence-electron chi connectivity index (χ0n) is 9.36. The lowest BCUT2D eigenvalue weighted by Crippen LogP contribution is -2.15. The van der Waals surface area contributed by atoms with Crippen molar-refractivity contribution in [3.63, 3.8) is 0 Å². The number of hydrogen-bond acceptors (Lipinski definition) is 5. The van der Waals surface area contributed by atoms with Gasteiger partial charge in [0.2, 0.25) is 5.89 Å². The van der Waals surface area contributed by atoms with E-state index in [0.29, 0.717) is 18.4 Å². The van der Waals surface area contributed by atoms with E-state index in [1.807, 2.05) is 7.05 Å². The van der Waals surface area contributed by atoms with Crippen LogP contribution in [-0.2, 0) is 13.0 Å². The first kappa shape index (κ1) is 10.6. The van der Waals surface area contributed by atoms with E-state index in [2.05, 4.69) is 27.4 Å². The van der Waals surface area contributed by atoms with Crippen molar-refractivity contribution in [2.24, 2.45) is 5.92 Å². The Morgan fingerprint density at radius 3 is 3.13 bits per heavy atom. The van der Waals surface area contributed by atoms with Crippen LogP contribution in [0.2, 0.25) is 0 Å². The Morgan fingerprint density at radius 1 is 1.60 bits per heavy atom. The highest BCUT2D eigenvalue weighted by Crippen LogP contribution is 2.17. The van der Waals surface area contributed by atoms with E-state index in [4.69, 9.17) is 4.52 Å². The van der Waals surface area contributed by atoms with Crippen molar-refractivity contribution >= 4 is 0 Å². The molecule has 0 aliphatic carbocycles. The molecule has 0 radical (unpaired) electrons. The summed E-state index contributed by atoms with van der Waals surface area (Å²) in [5, 5.41) is 6.97. The van der Waals surface area contributed by atoms with Crippen LogP contribution in [0.15, 0.2) is 4.52 Å². The minimum Gasteiger partial charge on any atom is -0.338 e.